The van der Waals surface area contributed by atoms with Gasteiger partial charge in [0.15, 0.2) is 0 Å². The molecule has 0 saturated heterocycles. The first-order chi connectivity index (χ1) is 10.5. The van der Waals surface area contributed by atoms with E-state index in [1.54, 1.807) is 6.20 Å². The monoisotopic (exact) mass is 300 g/mol. The van der Waals surface area contributed by atoms with E-state index in [0.29, 0.717) is 11.9 Å². The largest absolute Gasteiger partial charge is 0.349 e. The lowest BCUT2D eigenvalue weighted by molar-refractivity contribution is 0.0936. The van der Waals surface area contributed by atoms with Crippen molar-refractivity contribution >= 4 is 16.8 Å². The maximum Gasteiger partial charge on any atom is 0.256 e. The number of pyridine rings is 1. The van der Waals surface area contributed by atoms with Crippen molar-refractivity contribution in [2.45, 2.75) is 53.1 Å². The summed E-state index contributed by atoms with van der Waals surface area (Å²) in [6, 6.07) is 5.85. The number of benzene rings is 1. The van der Waals surface area contributed by atoms with Crippen molar-refractivity contribution in [2.24, 2.45) is 0 Å². The number of aromatic nitrogens is 1. The molecule has 0 saturated carbocycles. The van der Waals surface area contributed by atoms with Crippen LogP contribution in [0.5, 0.6) is 0 Å². The van der Waals surface area contributed by atoms with Gasteiger partial charge >= 0.3 is 0 Å². The predicted molar refractivity (Wildman–Crippen MR) is 90.5 cm³/mol. The molecule has 1 atom stereocenters. The zero-order valence-corrected chi connectivity index (χ0v) is 13.8. The summed E-state index contributed by atoms with van der Waals surface area (Å²) in [4.78, 5) is 25.1. The molecule has 4 nitrogen and oxygen atoms in total. The number of hydrogen-bond donors (Lipinski definition) is 1. The molecule has 0 aliphatic carbocycles. The van der Waals surface area contributed by atoms with Crippen molar-refractivity contribution in [1.29, 1.82) is 0 Å². The highest BCUT2D eigenvalue weighted by Gasteiger charge is 2.16. The Balaban J connectivity index is 2.52. The number of hydrogen-bond acceptors (Lipinski definition) is 2. The van der Waals surface area contributed by atoms with Crippen LogP contribution < -0.4 is 10.7 Å². The van der Waals surface area contributed by atoms with E-state index in [-0.39, 0.29) is 22.9 Å². The van der Waals surface area contributed by atoms with Gasteiger partial charge in [-0.15, -0.1) is 0 Å². The molecule has 2 rings (SSSR count). The van der Waals surface area contributed by atoms with E-state index >= 15 is 0 Å². The highest BCUT2D eigenvalue weighted by atomic mass is 16.2. The minimum absolute atomic E-state index is 0.0696. The number of carbonyl (C=O) groups is 1. The van der Waals surface area contributed by atoms with Crippen LogP contribution in [0.4, 0.5) is 0 Å². The van der Waals surface area contributed by atoms with E-state index in [1.165, 1.54) is 0 Å². The summed E-state index contributed by atoms with van der Waals surface area (Å²) < 4.78 is 1.95. The van der Waals surface area contributed by atoms with Gasteiger partial charge in [0, 0.05) is 24.2 Å². The van der Waals surface area contributed by atoms with Gasteiger partial charge < -0.3 is 9.88 Å². The summed E-state index contributed by atoms with van der Waals surface area (Å²) >= 11 is 0. The van der Waals surface area contributed by atoms with Gasteiger partial charge in [-0.1, -0.05) is 25.0 Å². The van der Waals surface area contributed by atoms with E-state index < -0.39 is 0 Å². The van der Waals surface area contributed by atoms with Crippen LogP contribution in [0.1, 0.15) is 49.5 Å². The molecule has 0 aliphatic heterocycles. The number of carbonyl (C=O) groups excluding carboxylic acids is 1. The number of aryl methyl sites for hydroxylation is 2. The topological polar surface area (TPSA) is 51.1 Å². The van der Waals surface area contributed by atoms with Crippen molar-refractivity contribution in [3.05, 3.63) is 45.7 Å². The van der Waals surface area contributed by atoms with Crippen LogP contribution in [0.25, 0.3) is 10.9 Å². The Labute approximate surface area is 131 Å². The minimum Gasteiger partial charge on any atom is -0.349 e. The first-order valence-corrected chi connectivity index (χ1v) is 7.92. The van der Waals surface area contributed by atoms with Crippen molar-refractivity contribution < 1.29 is 4.79 Å². The fourth-order valence-electron chi connectivity index (χ4n) is 2.74. The third-order valence-corrected chi connectivity index (χ3v) is 3.92. The molecule has 0 bridgehead atoms. The Bertz CT molecular complexity index is 747. The number of nitrogens with zero attached hydrogens (tertiary/aromatic N) is 1. The van der Waals surface area contributed by atoms with Crippen molar-refractivity contribution in [1.82, 2.24) is 9.88 Å². The molecule has 1 amide bonds. The van der Waals surface area contributed by atoms with Gasteiger partial charge in [-0.2, -0.15) is 0 Å². The maximum absolute atomic E-state index is 12.7. The highest BCUT2D eigenvalue weighted by Crippen LogP contribution is 2.14. The number of rotatable bonds is 5. The van der Waals surface area contributed by atoms with Crippen LogP contribution in [0, 0.1) is 6.92 Å². The molecule has 1 aromatic heterocycles. The van der Waals surface area contributed by atoms with Crippen LogP contribution >= 0.6 is 0 Å². The van der Waals surface area contributed by atoms with Crippen molar-refractivity contribution in [2.75, 3.05) is 0 Å². The van der Waals surface area contributed by atoms with E-state index in [9.17, 15) is 9.59 Å². The molecule has 4 heteroatoms. The Morgan fingerprint density at radius 3 is 2.68 bits per heavy atom. The molecular formula is C18H24N2O2. The Morgan fingerprint density at radius 2 is 2.05 bits per heavy atom. The first kappa shape index (κ1) is 16.3. The summed E-state index contributed by atoms with van der Waals surface area (Å²) in [5, 5.41) is 3.53. The fraction of sp³-hybridized carbons (Fsp3) is 0.444. The van der Waals surface area contributed by atoms with E-state index in [4.69, 9.17) is 0 Å². The molecule has 0 fully saturated rings. The summed E-state index contributed by atoms with van der Waals surface area (Å²) in [6.07, 6.45) is 3.58. The number of fused-ring (bicyclic) bond motifs is 1. The average molecular weight is 300 g/mol. The number of nitrogens with one attached hydrogen (secondary N) is 1. The van der Waals surface area contributed by atoms with E-state index in [2.05, 4.69) is 12.2 Å². The van der Waals surface area contributed by atoms with Gasteiger partial charge in [0.25, 0.3) is 5.91 Å². The second kappa shape index (κ2) is 6.77. The summed E-state index contributed by atoms with van der Waals surface area (Å²) in [7, 11) is 0. The third kappa shape index (κ3) is 3.21. The van der Waals surface area contributed by atoms with E-state index in [0.717, 1.165) is 23.9 Å². The Hall–Kier alpha value is -2.10. The second-order valence-electron chi connectivity index (χ2n) is 5.84. The van der Waals surface area contributed by atoms with E-state index in [1.807, 2.05) is 43.5 Å². The molecule has 1 aromatic carbocycles. The maximum atomic E-state index is 12.7. The minimum atomic E-state index is -0.281. The zero-order valence-electron chi connectivity index (χ0n) is 13.8. The summed E-state index contributed by atoms with van der Waals surface area (Å²) in [5.74, 6) is -0.281. The van der Waals surface area contributed by atoms with Crippen LogP contribution in [-0.2, 0) is 6.54 Å². The van der Waals surface area contributed by atoms with Gasteiger partial charge in [0.1, 0.15) is 5.56 Å². The second-order valence-corrected chi connectivity index (χ2v) is 5.84. The lowest BCUT2D eigenvalue weighted by Gasteiger charge is -2.15. The van der Waals surface area contributed by atoms with Crippen molar-refractivity contribution in [3.63, 3.8) is 0 Å². The molecule has 1 N–H and O–H groups in total. The van der Waals surface area contributed by atoms with Gasteiger partial charge in [-0.3, -0.25) is 9.59 Å². The standard InChI is InChI=1S/C18H24N2O2/c1-5-7-13(4)19-18(22)15-11-20(6-2)16-9-8-12(3)10-14(16)17(15)21/h8-11,13H,5-7H2,1-4H3,(H,19,22)/t13-/m1/s1. The quantitative estimate of drug-likeness (QED) is 0.921. The lowest BCUT2D eigenvalue weighted by atomic mass is 10.1. The molecule has 0 radical (unpaired) electrons. The smallest absolute Gasteiger partial charge is 0.256 e. The predicted octanol–water partition coefficient (Wildman–Crippen LogP) is 3.25. The normalized spacial score (nSPS) is 12.4. The zero-order chi connectivity index (χ0) is 16.3. The molecule has 118 valence electrons. The van der Waals surface area contributed by atoms with Crippen molar-refractivity contribution in [3.8, 4) is 0 Å². The molecule has 22 heavy (non-hydrogen) atoms. The van der Waals surface area contributed by atoms with Gasteiger partial charge in [0.05, 0.1) is 5.52 Å². The van der Waals surface area contributed by atoms with Gasteiger partial charge in [-0.05, 0) is 39.3 Å². The SMILES string of the molecule is CCC[C@@H](C)NC(=O)c1cn(CC)c2ccc(C)cc2c1=O. The van der Waals surface area contributed by atoms with Crippen LogP contribution in [0.2, 0.25) is 0 Å². The molecule has 0 aliphatic rings. The first-order valence-electron chi connectivity index (χ1n) is 7.92. The number of amides is 1. The molecule has 2 aromatic rings. The summed E-state index contributed by atoms with van der Waals surface area (Å²) in [6.45, 7) is 8.71. The lowest BCUT2D eigenvalue weighted by Crippen LogP contribution is -2.35. The molecule has 0 unspecified atom stereocenters. The molecule has 1 heterocycles. The average Bonchev–Trinajstić information content (AvgIpc) is 2.48. The Morgan fingerprint density at radius 1 is 1.32 bits per heavy atom. The van der Waals surface area contributed by atoms with Crippen LogP contribution in [0.15, 0.2) is 29.2 Å². The Kier molecular flexibility index (Phi) is 5.01. The van der Waals surface area contributed by atoms with Crippen LogP contribution in [0.3, 0.4) is 0 Å². The molecule has 0 spiro atoms. The fourth-order valence-corrected chi connectivity index (χ4v) is 2.74. The molecular weight excluding hydrogens is 276 g/mol. The van der Waals surface area contributed by atoms with Gasteiger partial charge in [0.2, 0.25) is 5.43 Å². The third-order valence-electron chi connectivity index (χ3n) is 3.92. The van der Waals surface area contributed by atoms with Crippen LogP contribution in [-0.4, -0.2) is 16.5 Å². The van der Waals surface area contributed by atoms with Gasteiger partial charge in [-0.25, -0.2) is 0 Å². The summed E-state index contributed by atoms with van der Waals surface area (Å²) in [5.41, 5.74) is 1.92. The highest BCUT2D eigenvalue weighted by molar-refractivity contribution is 5.97.